The molecule has 5 heteroatoms. The summed E-state index contributed by atoms with van der Waals surface area (Å²) >= 11 is 3.31. The maximum absolute atomic E-state index is 13.6. The lowest BCUT2D eigenvalue weighted by atomic mass is 10.2. The normalized spacial score (nSPS) is 10.1. The summed E-state index contributed by atoms with van der Waals surface area (Å²) in [5.74, 6) is -0.454. The van der Waals surface area contributed by atoms with Crippen molar-refractivity contribution in [1.29, 1.82) is 0 Å². The van der Waals surface area contributed by atoms with Crippen molar-refractivity contribution < 1.29 is 9.18 Å². The van der Waals surface area contributed by atoms with Gasteiger partial charge in [-0.15, -0.1) is 0 Å². The molecule has 0 spiro atoms. The molecular formula is C14H12BrFN2O. The maximum atomic E-state index is 13.6. The molecule has 0 atom stereocenters. The second-order valence-corrected chi connectivity index (χ2v) is 4.99. The molecule has 0 aliphatic heterocycles. The van der Waals surface area contributed by atoms with Crippen LogP contribution in [0.25, 0.3) is 0 Å². The average Bonchev–Trinajstić information content (AvgIpc) is 2.33. The highest BCUT2D eigenvalue weighted by atomic mass is 79.9. The Morgan fingerprint density at radius 3 is 2.63 bits per heavy atom. The number of aryl methyl sites for hydroxylation is 1. The predicted molar refractivity (Wildman–Crippen MR) is 77.9 cm³/mol. The highest BCUT2D eigenvalue weighted by Crippen LogP contribution is 2.18. The number of halogens is 2. The van der Waals surface area contributed by atoms with Crippen LogP contribution in [-0.2, 0) is 0 Å². The first-order chi connectivity index (χ1) is 9.04. The zero-order valence-electron chi connectivity index (χ0n) is 10.2. The van der Waals surface area contributed by atoms with Crippen molar-refractivity contribution >= 4 is 33.3 Å². The molecule has 2 amide bonds. The number of anilines is 2. The second-order valence-electron chi connectivity index (χ2n) is 4.07. The minimum Gasteiger partial charge on any atom is -0.308 e. The largest absolute Gasteiger partial charge is 0.323 e. The van der Waals surface area contributed by atoms with E-state index in [4.69, 9.17) is 0 Å². The van der Waals surface area contributed by atoms with Crippen LogP contribution in [0, 0.1) is 12.7 Å². The van der Waals surface area contributed by atoms with Crippen LogP contribution in [0.2, 0.25) is 0 Å². The predicted octanol–water partition coefficient (Wildman–Crippen LogP) is 4.54. The molecule has 0 aliphatic carbocycles. The van der Waals surface area contributed by atoms with Crippen LogP contribution in [0.15, 0.2) is 46.9 Å². The SMILES string of the molecule is Cc1ccc(NC(=O)Nc2cccc(Br)c2)c(F)c1. The fourth-order valence-corrected chi connectivity index (χ4v) is 1.97. The van der Waals surface area contributed by atoms with E-state index >= 15 is 0 Å². The summed E-state index contributed by atoms with van der Waals surface area (Å²) in [6, 6.07) is 11.3. The van der Waals surface area contributed by atoms with E-state index in [1.54, 1.807) is 31.2 Å². The van der Waals surface area contributed by atoms with Crippen molar-refractivity contribution in [1.82, 2.24) is 0 Å². The van der Waals surface area contributed by atoms with Crippen LogP contribution in [-0.4, -0.2) is 6.03 Å². The number of nitrogens with one attached hydrogen (secondary N) is 2. The first kappa shape index (κ1) is 13.5. The Morgan fingerprint density at radius 1 is 1.16 bits per heavy atom. The van der Waals surface area contributed by atoms with E-state index in [9.17, 15) is 9.18 Å². The van der Waals surface area contributed by atoms with Crippen LogP contribution >= 0.6 is 15.9 Å². The molecule has 0 saturated heterocycles. The van der Waals surface area contributed by atoms with Gasteiger partial charge in [0.2, 0.25) is 0 Å². The van der Waals surface area contributed by atoms with Gasteiger partial charge < -0.3 is 10.6 Å². The minimum absolute atomic E-state index is 0.151. The first-order valence-corrected chi connectivity index (χ1v) is 6.43. The second kappa shape index (κ2) is 5.84. The third-order valence-electron chi connectivity index (χ3n) is 2.46. The van der Waals surface area contributed by atoms with Gasteiger partial charge in [0.1, 0.15) is 5.82 Å². The molecule has 2 rings (SSSR count). The van der Waals surface area contributed by atoms with E-state index in [1.165, 1.54) is 12.1 Å². The number of hydrogen-bond acceptors (Lipinski definition) is 1. The molecule has 0 heterocycles. The number of rotatable bonds is 2. The molecule has 2 aromatic rings. The van der Waals surface area contributed by atoms with Gasteiger partial charge in [0.15, 0.2) is 0 Å². The monoisotopic (exact) mass is 322 g/mol. The number of amides is 2. The minimum atomic E-state index is -0.485. The zero-order valence-corrected chi connectivity index (χ0v) is 11.8. The number of hydrogen-bond donors (Lipinski definition) is 2. The van der Waals surface area contributed by atoms with Gasteiger partial charge >= 0.3 is 6.03 Å². The summed E-state index contributed by atoms with van der Waals surface area (Å²) in [6.07, 6.45) is 0. The summed E-state index contributed by atoms with van der Waals surface area (Å²) in [4.78, 5) is 11.7. The Kier molecular flexibility index (Phi) is 4.16. The van der Waals surface area contributed by atoms with Crippen LogP contribution in [0.3, 0.4) is 0 Å². The summed E-state index contributed by atoms with van der Waals surface area (Å²) in [7, 11) is 0. The van der Waals surface area contributed by atoms with Crippen LogP contribution in [0.1, 0.15) is 5.56 Å². The van der Waals surface area contributed by atoms with E-state index in [0.717, 1.165) is 10.0 Å². The molecule has 98 valence electrons. The van der Waals surface area contributed by atoms with E-state index < -0.39 is 11.8 Å². The summed E-state index contributed by atoms with van der Waals surface area (Å²) < 4.78 is 14.4. The van der Waals surface area contributed by atoms with E-state index in [0.29, 0.717) is 5.69 Å². The number of carbonyl (C=O) groups excluding carboxylic acids is 1. The third-order valence-corrected chi connectivity index (χ3v) is 2.95. The number of benzene rings is 2. The quantitative estimate of drug-likeness (QED) is 0.837. The molecule has 0 bridgehead atoms. The summed E-state index contributed by atoms with van der Waals surface area (Å²) in [6.45, 7) is 1.79. The topological polar surface area (TPSA) is 41.1 Å². The highest BCUT2D eigenvalue weighted by molar-refractivity contribution is 9.10. The summed E-state index contributed by atoms with van der Waals surface area (Å²) in [5.41, 5.74) is 1.58. The van der Waals surface area contributed by atoms with Crippen molar-refractivity contribution in [2.75, 3.05) is 10.6 Å². The summed E-state index contributed by atoms with van der Waals surface area (Å²) in [5, 5.41) is 5.09. The Morgan fingerprint density at radius 2 is 1.95 bits per heavy atom. The number of carbonyl (C=O) groups is 1. The van der Waals surface area contributed by atoms with E-state index in [2.05, 4.69) is 26.6 Å². The molecular weight excluding hydrogens is 311 g/mol. The molecule has 0 aliphatic rings. The molecule has 0 aromatic heterocycles. The van der Waals surface area contributed by atoms with Crippen molar-refractivity contribution in [2.24, 2.45) is 0 Å². The Balaban J connectivity index is 2.05. The molecule has 2 aromatic carbocycles. The molecule has 19 heavy (non-hydrogen) atoms. The third kappa shape index (κ3) is 3.79. The lowest BCUT2D eigenvalue weighted by molar-refractivity contribution is 0.262. The molecule has 0 radical (unpaired) electrons. The van der Waals surface area contributed by atoms with Gasteiger partial charge in [-0.25, -0.2) is 9.18 Å². The highest BCUT2D eigenvalue weighted by Gasteiger charge is 2.07. The Bertz CT molecular complexity index is 616. The van der Waals surface area contributed by atoms with Gasteiger partial charge in [0, 0.05) is 10.2 Å². The molecule has 0 fully saturated rings. The van der Waals surface area contributed by atoms with Crippen molar-refractivity contribution in [3.63, 3.8) is 0 Å². The smallest absolute Gasteiger partial charge is 0.308 e. The molecule has 0 saturated carbocycles. The van der Waals surface area contributed by atoms with Gasteiger partial charge in [-0.05, 0) is 42.8 Å². The van der Waals surface area contributed by atoms with Crippen LogP contribution in [0.4, 0.5) is 20.6 Å². The van der Waals surface area contributed by atoms with Crippen molar-refractivity contribution in [3.8, 4) is 0 Å². The lowest BCUT2D eigenvalue weighted by Gasteiger charge is -2.09. The molecule has 0 unspecified atom stereocenters. The maximum Gasteiger partial charge on any atom is 0.323 e. The van der Waals surface area contributed by atoms with Crippen LogP contribution in [0.5, 0.6) is 0 Å². The number of urea groups is 1. The average molecular weight is 323 g/mol. The lowest BCUT2D eigenvalue weighted by Crippen LogP contribution is -2.20. The Labute approximate surface area is 119 Å². The molecule has 3 nitrogen and oxygen atoms in total. The van der Waals surface area contributed by atoms with E-state index in [1.807, 2.05) is 6.07 Å². The standard InChI is InChI=1S/C14H12BrFN2O/c1-9-5-6-13(12(16)7-9)18-14(19)17-11-4-2-3-10(15)8-11/h2-8H,1H3,(H2,17,18,19). The fourth-order valence-electron chi connectivity index (χ4n) is 1.57. The van der Waals surface area contributed by atoms with Crippen LogP contribution < -0.4 is 10.6 Å². The zero-order chi connectivity index (χ0) is 13.8. The van der Waals surface area contributed by atoms with E-state index in [-0.39, 0.29) is 5.69 Å². The fraction of sp³-hybridized carbons (Fsp3) is 0.0714. The van der Waals surface area contributed by atoms with Gasteiger partial charge in [-0.3, -0.25) is 0 Å². The van der Waals surface area contributed by atoms with Gasteiger partial charge in [0.25, 0.3) is 0 Å². The first-order valence-electron chi connectivity index (χ1n) is 5.64. The van der Waals surface area contributed by atoms with Gasteiger partial charge in [-0.2, -0.15) is 0 Å². The molecule has 2 N–H and O–H groups in total. The van der Waals surface area contributed by atoms with Gasteiger partial charge in [0.05, 0.1) is 5.69 Å². The van der Waals surface area contributed by atoms with Gasteiger partial charge in [-0.1, -0.05) is 28.1 Å². The Hall–Kier alpha value is -1.88. The van der Waals surface area contributed by atoms with Crippen molar-refractivity contribution in [2.45, 2.75) is 6.92 Å². The van der Waals surface area contributed by atoms with Crippen molar-refractivity contribution in [3.05, 3.63) is 58.3 Å².